The summed E-state index contributed by atoms with van der Waals surface area (Å²) in [6.45, 7) is 4.10. The average molecular weight is 357 g/mol. The second-order valence-corrected chi connectivity index (χ2v) is 6.78. The van der Waals surface area contributed by atoms with E-state index in [9.17, 15) is 0 Å². The number of benzene rings is 2. The molecule has 1 aliphatic heterocycles. The van der Waals surface area contributed by atoms with Crippen LogP contribution in [-0.2, 0) is 11.3 Å². The Hall–Kier alpha value is -2.04. The third-order valence-corrected chi connectivity index (χ3v) is 5.04. The third kappa shape index (κ3) is 3.37. The van der Waals surface area contributed by atoms with Crippen molar-refractivity contribution < 1.29 is 9.47 Å². The largest absolute Gasteiger partial charge is 0.492 e. The number of rotatable bonds is 5. The van der Waals surface area contributed by atoms with Crippen LogP contribution < -0.4 is 4.74 Å². The molecule has 0 bridgehead atoms. The van der Waals surface area contributed by atoms with Crippen molar-refractivity contribution in [3.05, 3.63) is 58.9 Å². The molecule has 5 heteroatoms. The van der Waals surface area contributed by atoms with Gasteiger partial charge in [-0.15, -0.1) is 0 Å². The molecule has 2 aromatic carbocycles. The Labute approximate surface area is 152 Å². The van der Waals surface area contributed by atoms with Gasteiger partial charge in [0.1, 0.15) is 24.3 Å². The fourth-order valence-electron chi connectivity index (χ4n) is 3.32. The predicted molar refractivity (Wildman–Crippen MR) is 99.3 cm³/mol. The molecule has 1 fully saturated rings. The number of halogens is 1. The molecule has 1 unspecified atom stereocenters. The maximum atomic E-state index is 6.07. The summed E-state index contributed by atoms with van der Waals surface area (Å²) in [7, 11) is 0. The molecule has 0 amide bonds. The number of aromatic nitrogens is 2. The maximum Gasteiger partial charge on any atom is 0.139 e. The van der Waals surface area contributed by atoms with Crippen molar-refractivity contribution in [2.45, 2.75) is 32.4 Å². The number of hydrogen-bond acceptors (Lipinski definition) is 3. The van der Waals surface area contributed by atoms with Gasteiger partial charge < -0.3 is 14.0 Å². The molecule has 0 N–H and O–H groups in total. The number of nitrogens with zero attached hydrogens (tertiary/aromatic N) is 2. The Bertz CT molecular complexity index is 885. The van der Waals surface area contributed by atoms with Crippen molar-refractivity contribution >= 4 is 22.6 Å². The van der Waals surface area contributed by atoms with Crippen LogP contribution in [0.5, 0.6) is 5.75 Å². The van der Waals surface area contributed by atoms with Crippen LogP contribution in [0.4, 0.5) is 0 Å². The van der Waals surface area contributed by atoms with Gasteiger partial charge in [-0.25, -0.2) is 4.98 Å². The predicted octanol–water partition coefficient (Wildman–Crippen LogP) is 4.93. The van der Waals surface area contributed by atoms with E-state index >= 15 is 0 Å². The number of ether oxygens (including phenoxy) is 2. The van der Waals surface area contributed by atoms with E-state index in [4.69, 9.17) is 26.1 Å². The van der Waals surface area contributed by atoms with Crippen molar-refractivity contribution in [1.82, 2.24) is 9.55 Å². The number of aryl methyl sites for hydroxylation is 1. The SMILES string of the molecule is Cc1cc(OCCn2c(C3CCCO3)nc3ccccc32)ccc1Cl. The first-order chi connectivity index (χ1) is 12.2. The average Bonchev–Trinajstić information content (AvgIpc) is 3.26. The molecule has 25 heavy (non-hydrogen) atoms. The molecule has 4 nitrogen and oxygen atoms in total. The second kappa shape index (κ2) is 7.06. The third-order valence-electron chi connectivity index (χ3n) is 4.61. The van der Waals surface area contributed by atoms with Gasteiger partial charge in [0.05, 0.1) is 17.6 Å². The molecule has 1 aromatic heterocycles. The summed E-state index contributed by atoms with van der Waals surface area (Å²) in [5, 5.41) is 0.758. The molecular weight excluding hydrogens is 336 g/mol. The topological polar surface area (TPSA) is 36.3 Å². The smallest absolute Gasteiger partial charge is 0.139 e. The number of fused-ring (bicyclic) bond motifs is 1. The van der Waals surface area contributed by atoms with E-state index in [0.29, 0.717) is 6.61 Å². The Kier molecular flexibility index (Phi) is 4.64. The van der Waals surface area contributed by atoms with Crippen LogP contribution in [0.15, 0.2) is 42.5 Å². The molecular formula is C20H21ClN2O2. The summed E-state index contributed by atoms with van der Waals surface area (Å²) in [6.07, 6.45) is 2.21. The fraction of sp³-hybridized carbons (Fsp3) is 0.350. The lowest BCUT2D eigenvalue weighted by Gasteiger charge is -2.14. The number of hydrogen-bond donors (Lipinski definition) is 0. The summed E-state index contributed by atoms with van der Waals surface area (Å²) in [6, 6.07) is 14.0. The standard InChI is InChI=1S/C20H21ClN2O2/c1-14-13-15(8-9-16(14)21)24-12-10-23-18-6-3-2-5-17(18)22-20(23)19-7-4-11-25-19/h2-3,5-6,8-9,13,19H,4,7,10-12H2,1H3. The Balaban J connectivity index is 1.55. The van der Waals surface area contributed by atoms with Gasteiger partial charge in [-0.2, -0.15) is 0 Å². The summed E-state index contributed by atoms with van der Waals surface area (Å²) in [5.41, 5.74) is 3.16. The molecule has 0 aliphatic carbocycles. The zero-order valence-corrected chi connectivity index (χ0v) is 15.0. The van der Waals surface area contributed by atoms with Crippen LogP contribution in [0, 0.1) is 6.92 Å². The maximum absolute atomic E-state index is 6.07. The minimum absolute atomic E-state index is 0.0881. The minimum atomic E-state index is 0.0881. The van der Waals surface area contributed by atoms with Crippen LogP contribution in [0.1, 0.15) is 30.3 Å². The van der Waals surface area contributed by atoms with Gasteiger partial charge >= 0.3 is 0 Å². The first-order valence-electron chi connectivity index (χ1n) is 8.68. The molecule has 4 rings (SSSR count). The molecule has 0 saturated carbocycles. The highest BCUT2D eigenvalue weighted by Gasteiger charge is 2.24. The van der Waals surface area contributed by atoms with Crippen molar-refractivity contribution in [2.24, 2.45) is 0 Å². The van der Waals surface area contributed by atoms with E-state index in [0.717, 1.165) is 59.2 Å². The lowest BCUT2D eigenvalue weighted by molar-refractivity contribution is 0.101. The fourth-order valence-corrected chi connectivity index (χ4v) is 3.44. The van der Waals surface area contributed by atoms with Gasteiger partial charge in [-0.1, -0.05) is 23.7 Å². The summed E-state index contributed by atoms with van der Waals surface area (Å²) >= 11 is 6.07. The molecule has 3 aromatic rings. The highest BCUT2D eigenvalue weighted by molar-refractivity contribution is 6.31. The normalized spacial score (nSPS) is 17.3. The van der Waals surface area contributed by atoms with Crippen molar-refractivity contribution in [2.75, 3.05) is 13.2 Å². The van der Waals surface area contributed by atoms with Crippen LogP contribution in [0.2, 0.25) is 5.02 Å². The first-order valence-corrected chi connectivity index (χ1v) is 9.06. The van der Waals surface area contributed by atoms with Crippen LogP contribution >= 0.6 is 11.6 Å². The Morgan fingerprint density at radius 3 is 2.96 bits per heavy atom. The van der Waals surface area contributed by atoms with E-state index in [1.807, 2.05) is 43.3 Å². The van der Waals surface area contributed by atoms with Crippen molar-refractivity contribution in [1.29, 1.82) is 0 Å². The molecule has 2 heterocycles. The molecule has 1 aliphatic rings. The van der Waals surface area contributed by atoms with Crippen molar-refractivity contribution in [3.8, 4) is 5.75 Å². The second-order valence-electron chi connectivity index (χ2n) is 6.37. The van der Waals surface area contributed by atoms with Gasteiger partial charge in [-0.3, -0.25) is 0 Å². The molecule has 0 spiro atoms. The van der Waals surface area contributed by atoms with Crippen molar-refractivity contribution in [3.63, 3.8) is 0 Å². The molecule has 1 atom stereocenters. The number of imidazole rings is 1. The van der Waals surface area contributed by atoms with Crippen LogP contribution in [0.3, 0.4) is 0 Å². The zero-order valence-electron chi connectivity index (χ0n) is 14.2. The monoisotopic (exact) mass is 356 g/mol. The van der Waals surface area contributed by atoms with Gasteiger partial charge in [0.15, 0.2) is 0 Å². The minimum Gasteiger partial charge on any atom is -0.492 e. The quantitative estimate of drug-likeness (QED) is 0.650. The van der Waals surface area contributed by atoms with Gasteiger partial charge in [-0.05, 0) is 55.7 Å². The molecule has 1 saturated heterocycles. The van der Waals surface area contributed by atoms with Gasteiger partial charge in [0.2, 0.25) is 0 Å². The van der Waals surface area contributed by atoms with Crippen LogP contribution in [0.25, 0.3) is 11.0 Å². The van der Waals surface area contributed by atoms with E-state index in [2.05, 4.69) is 10.6 Å². The van der Waals surface area contributed by atoms with Crippen LogP contribution in [-0.4, -0.2) is 22.8 Å². The lowest BCUT2D eigenvalue weighted by Crippen LogP contribution is -2.13. The zero-order chi connectivity index (χ0) is 17.2. The van der Waals surface area contributed by atoms with Gasteiger partial charge in [0, 0.05) is 11.6 Å². The van der Waals surface area contributed by atoms with E-state index < -0.39 is 0 Å². The highest BCUT2D eigenvalue weighted by atomic mass is 35.5. The first kappa shape index (κ1) is 16.4. The summed E-state index contributed by atoms with van der Waals surface area (Å²) in [5.74, 6) is 1.85. The molecule has 0 radical (unpaired) electrons. The summed E-state index contributed by atoms with van der Waals surface area (Å²) in [4.78, 5) is 4.81. The number of para-hydroxylation sites is 2. The molecule has 130 valence electrons. The van der Waals surface area contributed by atoms with E-state index in [1.165, 1.54) is 0 Å². The highest BCUT2D eigenvalue weighted by Crippen LogP contribution is 2.30. The Morgan fingerprint density at radius 2 is 2.16 bits per heavy atom. The lowest BCUT2D eigenvalue weighted by atomic mass is 10.2. The van der Waals surface area contributed by atoms with E-state index in [1.54, 1.807) is 0 Å². The van der Waals surface area contributed by atoms with E-state index in [-0.39, 0.29) is 6.10 Å². The summed E-state index contributed by atoms with van der Waals surface area (Å²) < 4.78 is 14.0. The Morgan fingerprint density at radius 1 is 1.28 bits per heavy atom. The van der Waals surface area contributed by atoms with Gasteiger partial charge in [0.25, 0.3) is 0 Å².